The van der Waals surface area contributed by atoms with Crippen LogP contribution in [0.5, 0.6) is 0 Å². The van der Waals surface area contributed by atoms with Crippen molar-refractivity contribution in [2.75, 3.05) is 12.0 Å². The van der Waals surface area contributed by atoms with Crippen LogP contribution in [0.4, 0.5) is 10.1 Å². The first kappa shape index (κ1) is 19.3. The molecule has 0 saturated carbocycles. The van der Waals surface area contributed by atoms with E-state index in [1.807, 2.05) is 31.2 Å². The maximum atomic E-state index is 14.4. The van der Waals surface area contributed by atoms with Gasteiger partial charge < -0.3 is 10.1 Å². The van der Waals surface area contributed by atoms with Gasteiger partial charge in [0.2, 0.25) is 17.4 Å². The van der Waals surface area contributed by atoms with E-state index in [4.69, 9.17) is 4.74 Å². The number of halogens is 1. The van der Waals surface area contributed by atoms with E-state index >= 15 is 0 Å². The van der Waals surface area contributed by atoms with Gasteiger partial charge in [0.05, 0.1) is 12.8 Å². The third-order valence-electron chi connectivity index (χ3n) is 6.09. The van der Waals surface area contributed by atoms with Gasteiger partial charge in [-0.3, -0.25) is 9.59 Å². The summed E-state index contributed by atoms with van der Waals surface area (Å²) in [6.45, 7) is 3.56. The number of aryl methyl sites for hydroxylation is 1. The van der Waals surface area contributed by atoms with Crippen molar-refractivity contribution in [1.82, 2.24) is 0 Å². The van der Waals surface area contributed by atoms with E-state index in [1.165, 1.54) is 25.3 Å². The molecular formula is C22H22FN2O4+. The summed E-state index contributed by atoms with van der Waals surface area (Å²) in [6.07, 6.45) is 0. The van der Waals surface area contributed by atoms with Crippen LogP contribution >= 0.6 is 0 Å². The molecule has 6 nitrogen and oxygen atoms in total. The van der Waals surface area contributed by atoms with Gasteiger partial charge in [0.1, 0.15) is 23.7 Å². The molecule has 0 spiro atoms. The number of hydrogen-bond acceptors (Lipinski definition) is 4. The maximum Gasteiger partial charge on any atom is 0.368 e. The minimum absolute atomic E-state index is 0.0910. The predicted octanol–water partition coefficient (Wildman–Crippen LogP) is 1.49. The molecule has 2 aliphatic rings. The van der Waals surface area contributed by atoms with Gasteiger partial charge in [-0.1, -0.05) is 42.0 Å². The van der Waals surface area contributed by atoms with Gasteiger partial charge in [-0.2, -0.15) is 0 Å². The standard InChI is InChI=1S/C22H21FN2O4/c1-12-8-10-13(11-9-12)18-16-17(22(2,24-18)21(28)29-3)20(27)25(19(16)26)15-7-5-4-6-14(15)23/h4-11,16-18,24H,1-3H3/p+1/t16-,17-,18-,22-/m0/s1. The molecule has 2 N–H and O–H groups in total. The van der Waals surface area contributed by atoms with Crippen LogP contribution in [-0.4, -0.2) is 30.4 Å². The molecule has 0 aromatic heterocycles. The number of carbonyl (C=O) groups is 3. The number of nitrogens with zero attached hydrogens (tertiary/aromatic N) is 1. The monoisotopic (exact) mass is 397 g/mol. The molecule has 0 aliphatic carbocycles. The SMILES string of the molecule is COC(=O)[C@@]1(C)[NH2+][C@@H](c2ccc(C)cc2)[C@H]2C(=O)N(c3ccccc3F)C(=O)[C@H]21. The Morgan fingerprint density at radius 3 is 2.38 bits per heavy atom. The first-order valence-corrected chi connectivity index (χ1v) is 9.43. The number of quaternary nitrogens is 1. The molecule has 0 unspecified atom stereocenters. The second-order valence-corrected chi connectivity index (χ2v) is 7.84. The smallest absolute Gasteiger partial charge is 0.368 e. The van der Waals surface area contributed by atoms with Crippen LogP contribution in [0.3, 0.4) is 0 Å². The number of methoxy groups -OCH3 is 1. The van der Waals surface area contributed by atoms with E-state index in [1.54, 1.807) is 18.3 Å². The minimum Gasteiger partial charge on any atom is -0.464 e. The van der Waals surface area contributed by atoms with Gasteiger partial charge >= 0.3 is 5.97 Å². The average Bonchev–Trinajstić information content (AvgIpc) is 3.17. The number of amides is 2. The summed E-state index contributed by atoms with van der Waals surface area (Å²) >= 11 is 0. The average molecular weight is 397 g/mol. The van der Waals surface area contributed by atoms with E-state index in [-0.39, 0.29) is 5.69 Å². The zero-order valence-corrected chi connectivity index (χ0v) is 16.4. The lowest BCUT2D eigenvalue weighted by atomic mass is 9.80. The van der Waals surface area contributed by atoms with Crippen LogP contribution in [-0.2, 0) is 19.1 Å². The van der Waals surface area contributed by atoms with E-state index in [0.717, 1.165) is 16.0 Å². The number of hydrogen-bond donors (Lipinski definition) is 1. The third kappa shape index (κ3) is 2.76. The van der Waals surface area contributed by atoms with Gasteiger partial charge in [-0.05, 0) is 19.1 Å². The lowest BCUT2D eigenvalue weighted by Crippen LogP contribution is -2.97. The highest BCUT2D eigenvalue weighted by molar-refractivity contribution is 6.23. The number of para-hydroxylation sites is 1. The molecule has 150 valence electrons. The van der Waals surface area contributed by atoms with Crippen LogP contribution in [0, 0.1) is 24.6 Å². The highest BCUT2D eigenvalue weighted by Crippen LogP contribution is 2.46. The van der Waals surface area contributed by atoms with Crippen molar-refractivity contribution in [3.63, 3.8) is 0 Å². The summed E-state index contributed by atoms with van der Waals surface area (Å²) in [4.78, 5) is 40.2. The van der Waals surface area contributed by atoms with Crippen LogP contribution in [0.25, 0.3) is 0 Å². The van der Waals surface area contributed by atoms with Gasteiger partial charge in [-0.25, -0.2) is 14.1 Å². The third-order valence-corrected chi connectivity index (χ3v) is 6.09. The Balaban J connectivity index is 1.84. The van der Waals surface area contributed by atoms with Crippen molar-refractivity contribution in [2.45, 2.75) is 25.4 Å². The zero-order valence-electron chi connectivity index (χ0n) is 16.4. The topological polar surface area (TPSA) is 80.3 Å². The highest BCUT2D eigenvalue weighted by atomic mass is 19.1. The number of imide groups is 1. The van der Waals surface area contributed by atoms with Crippen molar-refractivity contribution in [1.29, 1.82) is 0 Å². The zero-order chi connectivity index (χ0) is 20.9. The minimum atomic E-state index is -1.29. The number of ether oxygens (including phenoxy) is 1. The lowest BCUT2D eigenvalue weighted by molar-refractivity contribution is -0.730. The molecule has 2 heterocycles. The summed E-state index contributed by atoms with van der Waals surface area (Å²) < 4.78 is 19.4. The molecule has 2 amide bonds. The number of benzene rings is 2. The highest BCUT2D eigenvalue weighted by Gasteiger charge is 2.71. The summed E-state index contributed by atoms with van der Waals surface area (Å²) in [5.74, 6) is -4.07. The molecule has 7 heteroatoms. The van der Waals surface area contributed by atoms with E-state index in [0.29, 0.717) is 0 Å². The number of rotatable bonds is 3. The fourth-order valence-corrected chi connectivity index (χ4v) is 4.64. The molecule has 0 bridgehead atoms. The molecule has 2 aliphatic heterocycles. The Morgan fingerprint density at radius 1 is 1.10 bits per heavy atom. The summed E-state index contributed by atoms with van der Waals surface area (Å²) in [7, 11) is 1.26. The molecule has 2 saturated heterocycles. The fraction of sp³-hybridized carbons (Fsp3) is 0.318. The van der Waals surface area contributed by atoms with Gasteiger partial charge in [0, 0.05) is 12.5 Å². The molecule has 29 heavy (non-hydrogen) atoms. The molecule has 2 fully saturated rings. The summed E-state index contributed by atoms with van der Waals surface area (Å²) in [5, 5.41) is 1.74. The predicted molar refractivity (Wildman–Crippen MR) is 102 cm³/mol. The van der Waals surface area contributed by atoms with Crippen LogP contribution in [0.2, 0.25) is 0 Å². The number of carbonyl (C=O) groups excluding carboxylic acids is 3. The molecule has 4 atom stereocenters. The Labute approximate surface area is 167 Å². The van der Waals surface area contributed by atoms with Crippen LogP contribution in [0.1, 0.15) is 24.1 Å². The Kier molecular flexibility index (Phi) is 4.50. The summed E-state index contributed by atoms with van der Waals surface area (Å²) in [6, 6.07) is 12.8. The quantitative estimate of drug-likeness (QED) is 0.629. The molecule has 4 rings (SSSR count). The molecular weight excluding hydrogens is 375 g/mol. The maximum absolute atomic E-state index is 14.4. The Morgan fingerprint density at radius 2 is 1.76 bits per heavy atom. The van der Waals surface area contributed by atoms with Crippen molar-refractivity contribution < 1.29 is 28.8 Å². The van der Waals surface area contributed by atoms with E-state index < -0.39 is 47.0 Å². The Hall–Kier alpha value is -3.06. The van der Waals surface area contributed by atoms with Crippen LogP contribution < -0.4 is 10.2 Å². The number of anilines is 1. The molecule has 2 aromatic carbocycles. The van der Waals surface area contributed by atoms with Crippen molar-refractivity contribution in [3.05, 3.63) is 65.5 Å². The largest absolute Gasteiger partial charge is 0.464 e. The van der Waals surface area contributed by atoms with Gasteiger partial charge in [0.25, 0.3) is 0 Å². The molecule has 2 aromatic rings. The van der Waals surface area contributed by atoms with E-state index in [2.05, 4.69) is 0 Å². The number of fused-ring (bicyclic) bond motifs is 1. The molecule has 0 radical (unpaired) electrons. The van der Waals surface area contributed by atoms with Crippen LogP contribution in [0.15, 0.2) is 48.5 Å². The number of esters is 1. The first-order valence-electron chi connectivity index (χ1n) is 9.43. The van der Waals surface area contributed by atoms with Gasteiger partial charge in [-0.15, -0.1) is 0 Å². The van der Waals surface area contributed by atoms with E-state index in [9.17, 15) is 18.8 Å². The normalized spacial score (nSPS) is 28.6. The van der Waals surface area contributed by atoms with Gasteiger partial charge in [0.15, 0.2) is 0 Å². The lowest BCUT2D eigenvalue weighted by Gasteiger charge is -2.25. The Bertz CT molecular complexity index is 1010. The summed E-state index contributed by atoms with van der Waals surface area (Å²) in [5.41, 5.74) is 0.504. The van der Waals surface area contributed by atoms with Crippen molar-refractivity contribution >= 4 is 23.5 Å². The second kappa shape index (κ2) is 6.77. The fourth-order valence-electron chi connectivity index (χ4n) is 4.64. The van der Waals surface area contributed by atoms with Crippen molar-refractivity contribution in [3.8, 4) is 0 Å². The first-order chi connectivity index (χ1) is 13.8. The van der Waals surface area contributed by atoms with Crippen molar-refractivity contribution in [2.24, 2.45) is 11.8 Å². The number of nitrogens with two attached hydrogens (primary N) is 1. The second-order valence-electron chi connectivity index (χ2n) is 7.84.